The molecule has 0 amide bonds. The van der Waals surface area contributed by atoms with Crippen molar-refractivity contribution in [3.63, 3.8) is 0 Å². The van der Waals surface area contributed by atoms with E-state index < -0.39 is 23.4 Å². The maximum atomic E-state index is 9.87. The molecule has 0 aliphatic heterocycles. The number of imidazole rings is 3. The van der Waals surface area contributed by atoms with Crippen molar-refractivity contribution in [3.8, 4) is 0 Å². The van der Waals surface area contributed by atoms with Crippen LogP contribution in [0.15, 0.2) is 56.2 Å². The molecule has 0 N–H and O–H groups in total. The molecule has 3 aromatic rings. The third-order valence-electron chi connectivity index (χ3n) is 4.88. The molecule has 0 saturated carbocycles. The number of unbranched alkanes of at least 4 members (excludes halogenated alkanes) is 4. The van der Waals surface area contributed by atoms with Gasteiger partial charge >= 0.3 is 99.0 Å². The maximum absolute atomic E-state index is 10.7. The van der Waals surface area contributed by atoms with Gasteiger partial charge in [0.15, 0.2) is 0 Å². The van der Waals surface area contributed by atoms with Gasteiger partial charge in [-0.2, -0.15) is 0 Å². The molecule has 0 unspecified atom stereocenters. The molecule has 0 aliphatic carbocycles. The molecule has 27 heteroatoms. The van der Waals surface area contributed by atoms with E-state index in [4.69, 9.17) is 0 Å². The SMILES string of the molecule is CCCCCCn1cc[n+](C)c1.CCCCn1cc[n+](C)c1.CCn1cc[n+](C)c1.F[P-](F)(F)(F)(F)F.F[P-](F)(F)(F)(F)F.F[P-](F)(F)(F)(F)F. The Morgan fingerprint density at radius 1 is 0.392 bits per heavy atom. The predicted octanol–water partition coefficient (Wildman–Crippen LogP) is 13.5. The first-order valence-corrected chi connectivity index (χ1v) is 20.6. The summed E-state index contributed by atoms with van der Waals surface area (Å²) in [5, 5.41) is 0. The van der Waals surface area contributed by atoms with Crippen LogP contribution in [-0.2, 0) is 40.8 Å². The van der Waals surface area contributed by atoms with Crippen molar-refractivity contribution < 1.29 is 89.2 Å². The molecule has 3 aromatic heterocycles. The van der Waals surface area contributed by atoms with Crippen LogP contribution >= 0.6 is 23.4 Å². The van der Waals surface area contributed by atoms with Gasteiger partial charge in [0.2, 0.25) is 19.0 Å². The molecule has 0 fully saturated rings. The number of aromatic nitrogens is 6. The standard InChI is InChI=1S/C10H19N2.C8H15N2.C6H11N2.3F6P/c1-3-4-5-6-7-12-9-8-11(2)10-12;1-3-4-5-10-7-6-9(2)8-10;1-3-8-5-4-7(2)6-8;3*1-7(2,3,4,5)6/h8-10H,3-7H2,1-2H3;6-8H,3-5H2,1-2H3;4-6H,3H2,1-2H3;;;/q3*+1;3*-1. The van der Waals surface area contributed by atoms with Crippen molar-refractivity contribution in [2.24, 2.45) is 21.1 Å². The molecule has 0 spiro atoms. The van der Waals surface area contributed by atoms with Gasteiger partial charge in [-0.1, -0.05) is 33.1 Å². The van der Waals surface area contributed by atoms with Crippen LogP contribution in [0.3, 0.4) is 0 Å². The summed E-state index contributed by atoms with van der Waals surface area (Å²) in [4.78, 5) is 0. The predicted molar refractivity (Wildman–Crippen MR) is 162 cm³/mol. The van der Waals surface area contributed by atoms with E-state index in [2.05, 4.69) is 101 Å². The summed E-state index contributed by atoms with van der Waals surface area (Å²) in [6.07, 6.45) is 26.7. The Bertz CT molecular complexity index is 1310. The van der Waals surface area contributed by atoms with Gasteiger partial charge in [0.25, 0.3) is 0 Å². The van der Waals surface area contributed by atoms with Gasteiger partial charge in [-0.25, -0.2) is 27.4 Å². The molecular weight excluding hydrogens is 807 g/mol. The Morgan fingerprint density at radius 2 is 0.647 bits per heavy atom. The average molecular weight is 853 g/mol. The molecule has 312 valence electrons. The van der Waals surface area contributed by atoms with Crippen LogP contribution in [0.5, 0.6) is 0 Å². The molecule has 0 atom stereocenters. The second kappa shape index (κ2) is 16.8. The molecule has 3 rings (SSSR count). The topological polar surface area (TPSA) is 26.4 Å². The van der Waals surface area contributed by atoms with Crippen LogP contribution in [0.1, 0.15) is 59.3 Å². The molecule has 3 heterocycles. The monoisotopic (exact) mass is 852 g/mol. The molecule has 0 aromatic carbocycles. The van der Waals surface area contributed by atoms with E-state index in [1.165, 1.54) is 45.1 Å². The number of halogens is 18. The van der Waals surface area contributed by atoms with Gasteiger partial charge in [0.1, 0.15) is 37.2 Å². The molecule has 0 saturated heterocycles. The Hall–Kier alpha value is -2.34. The van der Waals surface area contributed by atoms with Gasteiger partial charge in [-0.15, -0.1) is 0 Å². The number of hydrogen-bond acceptors (Lipinski definition) is 0. The van der Waals surface area contributed by atoms with Crippen LogP contribution in [0.2, 0.25) is 0 Å². The van der Waals surface area contributed by atoms with Gasteiger partial charge in [0, 0.05) is 0 Å². The van der Waals surface area contributed by atoms with Crippen molar-refractivity contribution in [2.75, 3.05) is 0 Å². The van der Waals surface area contributed by atoms with Crippen molar-refractivity contribution in [1.29, 1.82) is 0 Å². The van der Waals surface area contributed by atoms with Crippen molar-refractivity contribution >= 4 is 23.4 Å². The summed E-state index contributed by atoms with van der Waals surface area (Å²) in [5.74, 6) is 0. The Morgan fingerprint density at radius 3 is 0.843 bits per heavy atom. The van der Waals surface area contributed by atoms with Crippen molar-refractivity contribution in [2.45, 2.75) is 78.9 Å². The van der Waals surface area contributed by atoms with E-state index in [1.54, 1.807) is 0 Å². The fourth-order valence-electron chi connectivity index (χ4n) is 3.02. The van der Waals surface area contributed by atoms with Crippen LogP contribution in [0, 0.1) is 0 Å². The zero-order valence-corrected chi connectivity index (χ0v) is 31.1. The Kier molecular flexibility index (Phi) is 17.4. The number of hydrogen-bond donors (Lipinski definition) is 0. The first-order chi connectivity index (χ1) is 21.8. The zero-order chi connectivity index (χ0) is 41.4. The van der Waals surface area contributed by atoms with Gasteiger partial charge in [-0.05, 0) is 26.2 Å². The third-order valence-corrected chi connectivity index (χ3v) is 4.88. The molecule has 0 bridgehead atoms. The van der Waals surface area contributed by atoms with Gasteiger partial charge in [0.05, 0.1) is 40.8 Å². The van der Waals surface area contributed by atoms with E-state index in [0.717, 1.165) is 13.1 Å². The second-order valence-electron chi connectivity index (χ2n) is 10.8. The van der Waals surface area contributed by atoms with E-state index in [9.17, 15) is 75.5 Å². The molecular formula is C24H45F18N6P3. The van der Waals surface area contributed by atoms with Crippen molar-refractivity contribution in [3.05, 3.63) is 56.2 Å². The normalized spacial score (nSPS) is 15.5. The number of rotatable bonds is 9. The summed E-state index contributed by atoms with van der Waals surface area (Å²) in [6, 6.07) is 0. The fourth-order valence-corrected chi connectivity index (χ4v) is 3.02. The Labute approximate surface area is 283 Å². The zero-order valence-electron chi connectivity index (χ0n) is 28.4. The third kappa shape index (κ3) is 73.9. The minimum absolute atomic E-state index is 1.06. The second-order valence-corrected chi connectivity index (χ2v) is 16.6. The van der Waals surface area contributed by atoms with Gasteiger partial charge < -0.3 is 0 Å². The van der Waals surface area contributed by atoms with E-state index in [1.807, 2.05) is 24.9 Å². The molecule has 0 radical (unpaired) electrons. The van der Waals surface area contributed by atoms with Crippen molar-refractivity contribution in [1.82, 2.24) is 13.7 Å². The quantitative estimate of drug-likeness (QED) is 0.0887. The van der Waals surface area contributed by atoms with E-state index in [-0.39, 0.29) is 0 Å². The minimum atomic E-state index is -10.7. The molecule has 6 nitrogen and oxygen atoms in total. The van der Waals surface area contributed by atoms with Crippen LogP contribution in [-0.4, -0.2) is 13.7 Å². The van der Waals surface area contributed by atoms with Crippen LogP contribution < -0.4 is 13.7 Å². The Balaban J connectivity index is -0.000000550. The molecule has 0 aliphatic rings. The van der Waals surface area contributed by atoms with Gasteiger partial charge in [-0.3, -0.25) is 0 Å². The number of nitrogens with zero attached hydrogens (tertiary/aromatic N) is 6. The summed E-state index contributed by atoms with van der Waals surface area (Å²) >= 11 is 0. The fraction of sp³-hybridized carbons (Fsp3) is 0.625. The first-order valence-electron chi connectivity index (χ1n) is 14.6. The van der Waals surface area contributed by atoms with Crippen LogP contribution in [0.4, 0.5) is 75.5 Å². The summed E-state index contributed by atoms with van der Waals surface area (Å²) < 4.78 is 190. The van der Waals surface area contributed by atoms with E-state index in [0.29, 0.717) is 0 Å². The molecule has 51 heavy (non-hydrogen) atoms. The summed E-state index contributed by atoms with van der Waals surface area (Å²) in [6.45, 7) is 9.96. The van der Waals surface area contributed by atoms with Crippen LogP contribution in [0.25, 0.3) is 0 Å². The first kappa shape index (κ1) is 53.0. The number of aryl methyl sites for hydroxylation is 6. The average Bonchev–Trinajstić information content (AvgIpc) is 3.56. The summed E-state index contributed by atoms with van der Waals surface area (Å²) in [7, 11) is -25.9. The van der Waals surface area contributed by atoms with E-state index >= 15 is 0 Å². The summed E-state index contributed by atoms with van der Waals surface area (Å²) in [5.41, 5.74) is 0.